The molecule has 20 heavy (non-hydrogen) atoms. The van der Waals surface area contributed by atoms with Gasteiger partial charge in [-0.3, -0.25) is 0 Å². The molecule has 0 saturated carbocycles. The predicted molar refractivity (Wildman–Crippen MR) is 79.1 cm³/mol. The number of carbonyl (C=O) groups is 1. The molecule has 0 N–H and O–H groups in total. The summed E-state index contributed by atoms with van der Waals surface area (Å²) in [4.78, 5) is 13.5. The molecule has 0 aromatic heterocycles. The summed E-state index contributed by atoms with van der Waals surface area (Å²) < 4.78 is 19.2. The Labute approximate surface area is 127 Å². The molecular formula is C15H19BrFNO2. The van der Waals surface area contributed by atoms with Gasteiger partial charge in [0.05, 0.1) is 4.47 Å². The molecule has 1 aromatic carbocycles. The molecule has 1 heterocycles. The van der Waals surface area contributed by atoms with Crippen LogP contribution in [0.15, 0.2) is 22.7 Å². The summed E-state index contributed by atoms with van der Waals surface area (Å²) in [6, 6.07) is 5.17. The zero-order chi connectivity index (χ0) is 14.9. The van der Waals surface area contributed by atoms with Crippen LogP contribution in [0.3, 0.4) is 0 Å². The van der Waals surface area contributed by atoms with Gasteiger partial charge >= 0.3 is 6.09 Å². The molecule has 1 fully saturated rings. The monoisotopic (exact) mass is 343 g/mol. The first-order valence-corrected chi connectivity index (χ1v) is 7.46. The maximum Gasteiger partial charge on any atom is 0.410 e. The average Bonchev–Trinajstić information content (AvgIpc) is 2.25. The number of rotatable bonds is 2. The smallest absolute Gasteiger partial charge is 0.410 e. The van der Waals surface area contributed by atoms with E-state index in [9.17, 15) is 9.18 Å². The van der Waals surface area contributed by atoms with Crippen molar-refractivity contribution in [3.63, 3.8) is 0 Å². The van der Waals surface area contributed by atoms with Gasteiger partial charge in [0.2, 0.25) is 0 Å². The molecule has 0 atom stereocenters. The topological polar surface area (TPSA) is 29.5 Å². The fourth-order valence-electron chi connectivity index (χ4n) is 2.17. The van der Waals surface area contributed by atoms with Crippen molar-refractivity contribution < 1.29 is 13.9 Å². The Morgan fingerprint density at radius 2 is 2.10 bits per heavy atom. The summed E-state index contributed by atoms with van der Waals surface area (Å²) >= 11 is 3.14. The molecule has 110 valence electrons. The first kappa shape index (κ1) is 15.3. The second-order valence-electron chi connectivity index (χ2n) is 6.20. The van der Waals surface area contributed by atoms with Crippen LogP contribution in [0.4, 0.5) is 9.18 Å². The molecule has 0 spiro atoms. The maximum absolute atomic E-state index is 13.4. The number of benzene rings is 1. The first-order chi connectivity index (χ1) is 9.24. The molecule has 0 bridgehead atoms. The number of ether oxygens (including phenoxy) is 1. The van der Waals surface area contributed by atoms with E-state index in [2.05, 4.69) is 15.9 Å². The van der Waals surface area contributed by atoms with Gasteiger partial charge in [0.1, 0.15) is 11.4 Å². The van der Waals surface area contributed by atoms with Crippen LogP contribution in [0.5, 0.6) is 0 Å². The predicted octanol–water partition coefficient (Wildman–Crippen LogP) is 4.00. The van der Waals surface area contributed by atoms with E-state index in [0.29, 0.717) is 23.5 Å². The van der Waals surface area contributed by atoms with Gasteiger partial charge < -0.3 is 9.64 Å². The van der Waals surface area contributed by atoms with Crippen LogP contribution < -0.4 is 0 Å². The second kappa shape index (κ2) is 5.72. The van der Waals surface area contributed by atoms with Crippen molar-refractivity contribution in [2.24, 2.45) is 5.92 Å². The van der Waals surface area contributed by atoms with Crippen molar-refractivity contribution in [1.82, 2.24) is 4.90 Å². The Balaban J connectivity index is 1.82. The highest BCUT2D eigenvalue weighted by Gasteiger charge is 2.33. The number of nitrogens with zero attached hydrogens (tertiary/aromatic N) is 1. The molecule has 1 aromatic rings. The lowest BCUT2D eigenvalue weighted by Crippen LogP contribution is -2.52. The Morgan fingerprint density at radius 1 is 1.45 bits per heavy atom. The molecular weight excluding hydrogens is 325 g/mol. The highest BCUT2D eigenvalue weighted by atomic mass is 79.9. The lowest BCUT2D eigenvalue weighted by molar-refractivity contribution is -0.000889. The molecule has 0 unspecified atom stereocenters. The minimum Gasteiger partial charge on any atom is -0.444 e. The quantitative estimate of drug-likeness (QED) is 0.812. The van der Waals surface area contributed by atoms with Gasteiger partial charge in [0.25, 0.3) is 0 Å². The zero-order valence-corrected chi connectivity index (χ0v) is 13.5. The van der Waals surface area contributed by atoms with Crippen molar-refractivity contribution >= 4 is 22.0 Å². The van der Waals surface area contributed by atoms with E-state index in [1.165, 1.54) is 0 Å². The van der Waals surface area contributed by atoms with Crippen LogP contribution in [0.2, 0.25) is 0 Å². The van der Waals surface area contributed by atoms with Gasteiger partial charge in [-0.25, -0.2) is 9.18 Å². The van der Waals surface area contributed by atoms with Gasteiger partial charge in [-0.1, -0.05) is 6.07 Å². The van der Waals surface area contributed by atoms with Gasteiger partial charge in [0.15, 0.2) is 0 Å². The summed E-state index contributed by atoms with van der Waals surface area (Å²) in [5, 5.41) is 0. The van der Waals surface area contributed by atoms with Crippen molar-refractivity contribution in [3.05, 3.63) is 34.1 Å². The van der Waals surface area contributed by atoms with Crippen molar-refractivity contribution in [1.29, 1.82) is 0 Å². The van der Waals surface area contributed by atoms with Crippen LogP contribution in [0, 0.1) is 11.7 Å². The molecule has 2 rings (SSSR count). The highest BCUT2D eigenvalue weighted by Crippen LogP contribution is 2.24. The molecule has 5 heteroatoms. The second-order valence-corrected chi connectivity index (χ2v) is 7.06. The third-order valence-electron chi connectivity index (χ3n) is 3.12. The van der Waals surface area contributed by atoms with E-state index in [1.807, 2.05) is 26.8 Å². The fourth-order valence-corrected chi connectivity index (χ4v) is 2.42. The van der Waals surface area contributed by atoms with E-state index < -0.39 is 5.60 Å². The third kappa shape index (κ3) is 3.95. The normalized spacial score (nSPS) is 15.9. The number of likely N-dealkylation sites (tertiary alicyclic amines) is 1. The van der Waals surface area contributed by atoms with Gasteiger partial charge in [-0.05, 0) is 66.7 Å². The van der Waals surface area contributed by atoms with Crippen LogP contribution in [-0.4, -0.2) is 29.7 Å². The molecule has 1 saturated heterocycles. The lowest BCUT2D eigenvalue weighted by Gasteiger charge is -2.39. The average molecular weight is 344 g/mol. The molecule has 1 amide bonds. The minimum atomic E-state index is -0.461. The van der Waals surface area contributed by atoms with Gasteiger partial charge in [0, 0.05) is 13.1 Å². The van der Waals surface area contributed by atoms with Gasteiger partial charge in [-0.15, -0.1) is 0 Å². The minimum absolute atomic E-state index is 0.245. The number of hydrogen-bond donors (Lipinski definition) is 0. The van der Waals surface area contributed by atoms with E-state index in [-0.39, 0.29) is 11.9 Å². The molecule has 1 aliphatic heterocycles. The first-order valence-electron chi connectivity index (χ1n) is 6.66. The summed E-state index contributed by atoms with van der Waals surface area (Å²) in [6.45, 7) is 6.91. The molecule has 0 aliphatic carbocycles. The number of carbonyl (C=O) groups excluding carboxylic acids is 1. The third-order valence-corrected chi connectivity index (χ3v) is 3.76. The highest BCUT2D eigenvalue weighted by molar-refractivity contribution is 9.10. The van der Waals surface area contributed by atoms with Crippen molar-refractivity contribution in [3.8, 4) is 0 Å². The summed E-state index contributed by atoms with van der Waals surface area (Å²) in [7, 11) is 0. The molecule has 0 radical (unpaired) electrons. The number of halogens is 2. The summed E-state index contributed by atoms with van der Waals surface area (Å²) in [5.41, 5.74) is 0.497. The fraction of sp³-hybridized carbons (Fsp3) is 0.533. The Hall–Kier alpha value is -1.10. The van der Waals surface area contributed by atoms with Crippen LogP contribution in [0.1, 0.15) is 26.3 Å². The van der Waals surface area contributed by atoms with Crippen LogP contribution in [-0.2, 0) is 11.2 Å². The van der Waals surface area contributed by atoms with Crippen LogP contribution >= 0.6 is 15.9 Å². The lowest BCUT2D eigenvalue weighted by atomic mass is 9.92. The van der Waals surface area contributed by atoms with E-state index >= 15 is 0 Å². The molecule has 3 nitrogen and oxygen atoms in total. The number of amides is 1. The Bertz CT molecular complexity index is 507. The van der Waals surface area contributed by atoms with Crippen LogP contribution in [0.25, 0.3) is 0 Å². The zero-order valence-electron chi connectivity index (χ0n) is 12.0. The Morgan fingerprint density at radius 3 is 2.65 bits per heavy atom. The number of hydrogen-bond acceptors (Lipinski definition) is 2. The van der Waals surface area contributed by atoms with E-state index in [1.54, 1.807) is 17.0 Å². The largest absolute Gasteiger partial charge is 0.444 e. The molecule has 1 aliphatic rings. The summed E-state index contributed by atoms with van der Waals surface area (Å²) in [6.07, 6.45) is 0.513. The maximum atomic E-state index is 13.4. The van der Waals surface area contributed by atoms with E-state index in [0.717, 1.165) is 12.0 Å². The van der Waals surface area contributed by atoms with E-state index in [4.69, 9.17) is 4.74 Å². The van der Waals surface area contributed by atoms with Gasteiger partial charge in [-0.2, -0.15) is 0 Å². The standard InChI is InChI=1S/C15H19BrFNO2/c1-15(2,3)20-14(19)18-8-11(9-18)6-10-4-5-12(16)13(17)7-10/h4-5,7,11H,6,8-9H2,1-3H3. The summed E-state index contributed by atoms with van der Waals surface area (Å²) in [5.74, 6) is 0.133. The Kier molecular flexibility index (Phi) is 4.37. The van der Waals surface area contributed by atoms with Crippen molar-refractivity contribution in [2.75, 3.05) is 13.1 Å². The SMILES string of the molecule is CC(C)(C)OC(=O)N1CC(Cc2ccc(Br)c(F)c2)C1. The van der Waals surface area contributed by atoms with Crippen molar-refractivity contribution in [2.45, 2.75) is 32.8 Å².